The number of aliphatic hydroxyl groups excluding tert-OH is 1. The fourth-order valence-corrected chi connectivity index (χ4v) is 2.15. The van der Waals surface area contributed by atoms with Crippen LogP contribution in [0.5, 0.6) is 0 Å². The van der Waals surface area contributed by atoms with Gasteiger partial charge in [0.05, 0.1) is 12.1 Å². The number of nitrogens with zero attached hydrogens (tertiary/aromatic N) is 1. The second-order valence-corrected chi connectivity index (χ2v) is 4.12. The Labute approximate surface area is 94.2 Å². The minimum absolute atomic E-state index is 0.0517. The molecule has 1 aliphatic rings. The third kappa shape index (κ3) is 2.24. The van der Waals surface area contributed by atoms with Crippen molar-refractivity contribution in [1.82, 2.24) is 15.5 Å². The number of nitrogens with one attached hydrogen (secondary N) is 2. The highest BCUT2D eigenvalue weighted by atomic mass is 16.3. The fourth-order valence-electron chi connectivity index (χ4n) is 2.15. The van der Waals surface area contributed by atoms with Crippen molar-refractivity contribution in [3.63, 3.8) is 0 Å². The lowest BCUT2D eigenvalue weighted by Crippen LogP contribution is -2.32. The molecule has 0 aromatic carbocycles. The summed E-state index contributed by atoms with van der Waals surface area (Å²) in [4.78, 5) is 11.9. The number of aromatic nitrogens is 2. The van der Waals surface area contributed by atoms with Crippen LogP contribution >= 0.6 is 0 Å². The van der Waals surface area contributed by atoms with Crippen LogP contribution in [0.4, 0.5) is 0 Å². The first-order valence-electron chi connectivity index (χ1n) is 5.73. The quantitative estimate of drug-likeness (QED) is 0.644. The molecule has 1 unspecified atom stereocenters. The van der Waals surface area contributed by atoms with E-state index in [2.05, 4.69) is 15.5 Å². The van der Waals surface area contributed by atoms with Crippen LogP contribution in [0.25, 0.3) is 0 Å². The Morgan fingerprint density at radius 3 is 3.38 bits per heavy atom. The number of aryl methyl sites for hydroxylation is 1. The van der Waals surface area contributed by atoms with E-state index in [9.17, 15) is 4.79 Å². The number of hydrogen-bond acceptors (Lipinski definition) is 3. The van der Waals surface area contributed by atoms with Crippen molar-refractivity contribution in [3.05, 3.63) is 17.5 Å². The smallest absolute Gasteiger partial charge is 0.227 e. The van der Waals surface area contributed by atoms with Crippen molar-refractivity contribution < 1.29 is 9.90 Å². The third-order valence-electron chi connectivity index (χ3n) is 3.00. The number of rotatable bonds is 4. The van der Waals surface area contributed by atoms with Crippen LogP contribution in [0.15, 0.2) is 6.20 Å². The van der Waals surface area contributed by atoms with Gasteiger partial charge in [-0.2, -0.15) is 5.10 Å². The van der Waals surface area contributed by atoms with Crippen molar-refractivity contribution in [2.75, 3.05) is 13.2 Å². The van der Waals surface area contributed by atoms with Gasteiger partial charge < -0.3 is 10.4 Å². The van der Waals surface area contributed by atoms with Gasteiger partial charge in [-0.25, -0.2) is 0 Å². The molecule has 0 saturated carbocycles. The molecule has 1 amide bonds. The average Bonchev–Trinajstić information content (AvgIpc) is 2.76. The zero-order chi connectivity index (χ0) is 11.4. The molecule has 1 atom stereocenters. The predicted octanol–water partition coefficient (Wildman–Crippen LogP) is 0.328. The summed E-state index contributed by atoms with van der Waals surface area (Å²) < 4.78 is 0. The first-order valence-corrected chi connectivity index (χ1v) is 5.73. The number of amides is 1. The Morgan fingerprint density at radius 1 is 1.69 bits per heavy atom. The number of aliphatic hydroxyl groups is 1. The maximum Gasteiger partial charge on any atom is 0.227 e. The molecule has 0 bridgehead atoms. The SMILES string of the molecule is O=C(NCCCO)C1CCCc2[nH]ncc21. The zero-order valence-electron chi connectivity index (χ0n) is 9.20. The molecule has 0 aliphatic heterocycles. The topological polar surface area (TPSA) is 78.0 Å². The Bertz CT molecular complexity index is 362. The molecule has 88 valence electrons. The highest BCUT2D eigenvalue weighted by Crippen LogP contribution is 2.30. The van der Waals surface area contributed by atoms with Gasteiger partial charge in [0, 0.05) is 24.4 Å². The molecule has 16 heavy (non-hydrogen) atoms. The Hall–Kier alpha value is -1.36. The van der Waals surface area contributed by atoms with Crippen molar-refractivity contribution in [1.29, 1.82) is 0 Å². The van der Waals surface area contributed by atoms with Gasteiger partial charge in [-0.05, 0) is 25.7 Å². The maximum atomic E-state index is 11.9. The molecule has 0 spiro atoms. The minimum Gasteiger partial charge on any atom is -0.396 e. The normalized spacial score (nSPS) is 19.2. The molecule has 3 N–H and O–H groups in total. The first-order chi connectivity index (χ1) is 7.83. The summed E-state index contributed by atoms with van der Waals surface area (Å²) in [5.41, 5.74) is 2.13. The summed E-state index contributed by atoms with van der Waals surface area (Å²) in [6.07, 6.45) is 5.25. The molecular weight excluding hydrogens is 206 g/mol. The van der Waals surface area contributed by atoms with Crippen molar-refractivity contribution in [2.24, 2.45) is 0 Å². The number of aromatic amines is 1. The van der Waals surface area contributed by atoms with Crippen LogP contribution in [0.1, 0.15) is 36.4 Å². The van der Waals surface area contributed by atoms with E-state index in [-0.39, 0.29) is 18.4 Å². The molecule has 0 saturated heterocycles. The Balaban J connectivity index is 1.98. The van der Waals surface area contributed by atoms with Gasteiger partial charge in [-0.1, -0.05) is 0 Å². The summed E-state index contributed by atoms with van der Waals surface area (Å²) in [6, 6.07) is 0. The van der Waals surface area contributed by atoms with E-state index in [0.29, 0.717) is 13.0 Å². The lowest BCUT2D eigenvalue weighted by atomic mass is 9.86. The van der Waals surface area contributed by atoms with Gasteiger partial charge in [-0.3, -0.25) is 9.89 Å². The van der Waals surface area contributed by atoms with Crippen LogP contribution in [-0.4, -0.2) is 34.4 Å². The van der Waals surface area contributed by atoms with Crippen LogP contribution in [-0.2, 0) is 11.2 Å². The lowest BCUT2D eigenvalue weighted by Gasteiger charge is -2.20. The third-order valence-corrected chi connectivity index (χ3v) is 3.00. The van der Waals surface area contributed by atoms with E-state index in [1.165, 1.54) is 0 Å². The van der Waals surface area contributed by atoms with E-state index in [4.69, 9.17) is 5.11 Å². The number of fused-ring (bicyclic) bond motifs is 1. The van der Waals surface area contributed by atoms with E-state index < -0.39 is 0 Å². The van der Waals surface area contributed by atoms with Crippen LogP contribution in [0.3, 0.4) is 0 Å². The van der Waals surface area contributed by atoms with E-state index in [0.717, 1.165) is 30.5 Å². The standard InChI is InChI=1S/C11H17N3O2/c15-6-2-5-12-11(16)8-3-1-4-10-9(8)7-13-14-10/h7-8,15H,1-6H2,(H,12,16)(H,13,14). The fraction of sp³-hybridized carbons (Fsp3) is 0.636. The summed E-state index contributed by atoms with van der Waals surface area (Å²) in [5, 5.41) is 18.4. The zero-order valence-corrected chi connectivity index (χ0v) is 9.20. The summed E-state index contributed by atoms with van der Waals surface area (Å²) >= 11 is 0. The predicted molar refractivity (Wildman–Crippen MR) is 59.0 cm³/mol. The molecule has 1 aromatic heterocycles. The second-order valence-electron chi connectivity index (χ2n) is 4.12. The van der Waals surface area contributed by atoms with Crippen molar-refractivity contribution >= 4 is 5.91 Å². The summed E-state index contributed by atoms with van der Waals surface area (Å²) in [5.74, 6) is -0.0167. The molecule has 5 nitrogen and oxygen atoms in total. The Kier molecular flexibility index (Phi) is 3.56. The monoisotopic (exact) mass is 223 g/mol. The van der Waals surface area contributed by atoms with Gasteiger partial charge in [-0.15, -0.1) is 0 Å². The van der Waals surface area contributed by atoms with Gasteiger partial charge in [0.1, 0.15) is 0 Å². The highest BCUT2D eigenvalue weighted by Gasteiger charge is 2.27. The second kappa shape index (κ2) is 5.12. The lowest BCUT2D eigenvalue weighted by molar-refractivity contribution is -0.122. The number of hydrogen-bond donors (Lipinski definition) is 3. The van der Waals surface area contributed by atoms with Crippen LogP contribution < -0.4 is 5.32 Å². The molecule has 1 aliphatic carbocycles. The highest BCUT2D eigenvalue weighted by molar-refractivity contribution is 5.84. The van der Waals surface area contributed by atoms with Gasteiger partial charge in [0.2, 0.25) is 5.91 Å². The van der Waals surface area contributed by atoms with Crippen molar-refractivity contribution in [3.8, 4) is 0 Å². The average molecular weight is 223 g/mol. The van der Waals surface area contributed by atoms with E-state index in [1.54, 1.807) is 6.20 Å². The minimum atomic E-state index is -0.0683. The molecule has 2 rings (SSSR count). The van der Waals surface area contributed by atoms with Crippen molar-refractivity contribution in [2.45, 2.75) is 31.6 Å². The largest absolute Gasteiger partial charge is 0.396 e. The van der Waals surface area contributed by atoms with Crippen LogP contribution in [0.2, 0.25) is 0 Å². The summed E-state index contributed by atoms with van der Waals surface area (Å²) in [7, 11) is 0. The molecule has 1 heterocycles. The van der Waals surface area contributed by atoms with Gasteiger partial charge in [0.25, 0.3) is 0 Å². The van der Waals surface area contributed by atoms with Gasteiger partial charge >= 0.3 is 0 Å². The molecular formula is C11H17N3O2. The molecule has 0 radical (unpaired) electrons. The number of H-pyrrole nitrogens is 1. The number of carbonyl (C=O) groups excluding carboxylic acids is 1. The van der Waals surface area contributed by atoms with Crippen LogP contribution in [0, 0.1) is 0 Å². The number of carbonyl (C=O) groups is 1. The van der Waals surface area contributed by atoms with Gasteiger partial charge in [0.15, 0.2) is 0 Å². The van der Waals surface area contributed by atoms with E-state index in [1.807, 2.05) is 0 Å². The molecule has 5 heteroatoms. The van der Waals surface area contributed by atoms with E-state index >= 15 is 0 Å². The molecule has 0 fully saturated rings. The Morgan fingerprint density at radius 2 is 2.56 bits per heavy atom. The molecule has 1 aromatic rings. The maximum absolute atomic E-state index is 11.9. The first kappa shape index (κ1) is 11.1. The summed E-state index contributed by atoms with van der Waals surface area (Å²) in [6.45, 7) is 0.654.